The Balaban J connectivity index is 1.28. The first-order valence-electron chi connectivity index (χ1n) is 14.1. The zero-order valence-electron chi connectivity index (χ0n) is 24.1. The maximum atomic E-state index is 15.4. The van der Waals surface area contributed by atoms with Gasteiger partial charge in [0.15, 0.2) is 23.1 Å². The van der Waals surface area contributed by atoms with Gasteiger partial charge in [0.2, 0.25) is 0 Å². The zero-order valence-corrected chi connectivity index (χ0v) is 24.1. The van der Waals surface area contributed by atoms with Gasteiger partial charge in [-0.3, -0.25) is 14.2 Å². The van der Waals surface area contributed by atoms with Crippen molar-refractivity contribution in [2.75, 3.05) is 31.2 Å². The van der Waals surface area contributed by atoms with Crippen LogP contribution in [0.4, 0.5) is 14.5 Å². The van der Waals surface area contributed by atoms with Gasteiger partial charge < -0.3 is 14.4 Å². The van der Waals surface area contributed by atoms with Gasteiger partial charge in [0.1, 0.15) is 16.9 Å². The van der Waals surface area contributed by atoms with E-state index >= 15 is 4.39 Å². The second kappa shape index (κ2) is 11.9. The van der Waals surface area contributed by atoms with E-state index in [0.29, 0.717) is 43.1 Å². The molecule has 0 radical (unpaired) electrons. The first-order chi connectivity index (χ1) is 21.2. The van der Waals surface area contributed by atoms with Crippen molar-refractivity contribution in [2.45, 2.75) is 26.3 Å². The Hall–Kier alpha value is -5.10. The summed E-state index contributed by atoms with van der Waals surface area (Å²) in [5.41, 5.74) is 0.204. The molecule has 4 heterocycles. The second-order valence-electron chi connectivity index (χ2n) is 10.7. The van der Waals surface area contributed by atoms with E-state index in [4.69, 9.17) is 9.47 Å². The number of benzene rings is 2. The summed E-state index contributed by atoms with van der Waals surface area (Å²) in [5.74, 6) is -1.47. The van der Waals surface area contributed by atoms with Crippen molar-refractivity contribution in [1.82, 2.24) is 18.7 Å². The van der Waals surface area contributed by atoms with Crippen LogP contribution in [0, 0.1) is 11.6 Å². The van der Waals surface area contributed by atoms with E-state index in [0.717, 1.165) is 22.4 Å². The summed E-state index contributed by atoms with van der Waals surface area (Å²) in [4.78, 5) is 42.0. The van der Waals surface area contributed by atoms with Gasteiger partial charge in [-0.15, -0.1) is 0 Å². The molecule has 6 rings (SSSR count). The highest BCUT2D eigenvalue weighted by Gasteiger charge is 2.21. The highest BCUT2D eigenvalue weighted by molar-refractivity contribution is 5.97. The predicted octanol–water partition coefficient (Wildman–Crippen LogP) is 4.56. The van der Waals surface area contributed by atoms with Crippen LogP contribution in [0.5, 0.6) is 11.5 Å². The lowest BCUT2D eigenvalue weighted by Crippen LogP contribution is -2.42. The van der Waals surface area contributed by atoms with Crippen molar-refractivity contribution in [2.24, 2.45) is 0 Å². The number of carbonyl (C=O) groups excluding carboxylic acids is 1. The molecule has 1 aliphatic rings. The number of ether oxygens (including phenoxy) is 2. The number of rotatable bonds is 8. The number of ketones is 1. The third kappa shape index (κ3) is 5.63. The first-order valence-corrected chi connectivity index (χ1v) is 14.1. The molecule has 12 heteroatoms. The minimum Gasteiger partial charge on any atom is -0.452 e. The third-order valence-electron chi connectivity index (χ3n) is 7.47. The molecule has 0 N–H and O–H groups in total. The van der Waals surface area contributed by atoms with Crippen LogP contribution in [0.3, 0.4) is 0 Å². The molecule has 10 nitrogen and oxygen atoms in total. The summed E-state index contributed by atoms with van der Waals surface area (Å²) < 4.78 is 44.1. The number of hydrogen-bond acceptors (Lipinski definition) is 7. The largest absolute Gasteiger partial charge is 0.452 e. The number of anilines is 1. The molecule has 0 bridgehead atoms. The highest BCUT2D eigenvalue weighted by Crippen LogP contribution is 2.32. The van der Waals surface area contributed by atoms with E-state index in [1.54, 1.807) is 36.7 Å². The molecule has 0 spiro atoms. The smallest absolute Gasteiger partial charge is 0.335 e. The average molecular weight is 602 g/mol. The van der Waals surface area contributed by atoms with E-state index < -0.39 is 28.7 Å². The van der Waals surface area contributed by atoms with Gasteiger partial charge in [0.25, 0.3) is 5.56 Å². The second-order valence-corrected chi connectivity index (χ2v) is 10.7. The Labute approximate surface area is 250 Å². The van der Waals surface area contributed by atoms with Gasteiger partial charge in [0, 0.05) is 37.8 Å². The summed E-state index contributed by atoms with van der Waals surface area (Å²) in [6, 6.07) is 12.2. The van der Waals surface area contributed by atoms with Crippen molar-refractivity contribution < 1.29 is 23.0 Å². The maximum absolute atomic E-state index is 15.4. The fourth-order valence-corrected chi connectivity index (χ4v) is 5.15. The van der Waals surface area contributed by atoms with Crippen LogP contribution in [0.1, 0.15) is 35.8 Å². The first kappa shape index (κ1) is 29.0. The number of Topliss-reactive ketones (excluding diaryl/α,β-unsaturated/α-hetero) is 1. The summed E-state index contributed by atoms with van der Waals surface area (Å²) in [7, 11) is 0. The van der Waals surface area contributed by atoms with Crippen LogP contribution in [-0.4, -0.2) is 50.8 Å². The lowest BCUT2D eigenvalue weighted by Gasteiger charge is -2.29. The maximum Gasteiger partial charge on any atom is 0.335 e. The lowest BCUT2D eigenvalue weighted by molar-refractivity contribution is 0.0990. The number of halogens is 2. The fourth-order valence-electron chi connectivity index (χ4n) is 5.15. The molecule has 226 valence electrons. The number of fused-ring (bicyclic) bond motifs is 1. The molecule has 0 atom stereocenters. The third-order valence-corrected chi connectivity index (χ3v) is 7.47. The Kier molecular flexibility index (Phi) is 7.83. The molecule has 44 heavy (non-hydrogen) atoms. The van der Waals surface area contributed by atoms with Crippen molar-refractivity contribution >= 4 is 17.0 Å². The molecular weight excluding hydrogens is 572 g/mol. The molecule has 0 unspecified atom stereocenters. The average Bonchev–Trinajstić information content (AvgIpc) is 3.49. The molecule has 1 aliphatic heterocycles. The molecule has 0 saturated carbocycles. The molecule has 3 aromatic heterocycles. The molecular formula is C32H29F2N5O5. The van der Waals surface area contributed by atoms with Crippen LogP contribution >= 0.6 is 0 Å². The summed E-state index contributed by atoms with van der Waals surface area (Å²) >= 11 is 0. The van der Waals surface area contributed by atoms with Crippen molar-refractivity contribution in [3.05, 3.63) is 117 Å². The van der Waals surface area contributed by atoms with E-state index in [9.17, 15) is 18.8 Å². The van der Waals surface area contributed by atoms with Crippen molar-refractivity contribution in [1.29, 1.82) is 0 Å². The Bertz CT molecular complexity index is 1970. The highest BCUT2D eigenvalue weighted by atomic mass is 19.1. The number of aromatic nitrogens is 4. The summed E-state index contributed by atoms with van der Waals surface area (Å²) in [5, 5.41) is 4.32. The van der Waals surface area contributed by atoms with Crippen LogP contribution in [0.15, 0.2) is 82.8 Å². The van der Waals surface area contributed by atoms with Crippen LogP contribution < -0.4 is 20.9 Å². The summed E-state index contributed by atoms with van der Waals surface area (Å²) in [6.07, 6.45) is 4.43. The Morgan fingerprint density at radius 2 is 1.70 bits per heavy atom. The number of morpholine rings is 1. The van der Waals surface area contributed by atoms with Crippen LogP contribution in [0.25, 0.3) is 11.2 Å². The van der Waals surface area contributed by atoms with Crippen molar-refractivity contribution in [3.8, 4) is 17.2 Å². The quantitative estimate of drug-likeness (QED) is 0.241. The molecule has 5 aromatic rings. The SMILES string of the molecule is CC(C)n1cc(C(=O)Cc2ccc(Oc3cc(N4CCOCC4)cn4nccc34)c(F)c2)c(=O)n(-c2ccc(F)cc2)c1=O. The van der Waals surface area contributed by atoms with Crippen LogP contribution in [0.2, 0.25) is 0 Å². The normalized spacial score (nSPS) is 13.5. The van der Waals surface area contributed by atoms with Crippen molar-refractivity contribution in [3.63, 3.8) is 0 Å². The van der Waals surface area contributed by atoms with E-state index in [-0.39, 0.29) is 29.5 Å². The van der Waals surface area contributed by atoms with Gasteiger partial charge in [0.05, 0.1) is 37.0 Å². The van der Waals surface area contributed by atoms with Gasteiger partial charge in [-0.1, -0.05) is 6.07 Å². The van der Waals surface area contributed by atoms with E-state index in [2.05, 4.69) is 10.00 Å². The number of pyridine rings is 1. The van der Waals surface area contributed by atoms with E-state index in [1.165, 1.54) is 35.0 Å². The Morgan fingerprint density at radius 3 is 2.41 bits per heavy atom. The lowest BCUT2D eigenvalue weighted by atomic mass is 10.0. The van der Waals surface area contributed by atoms with Gasteiger partial charge in [-0.2, -0.15) is 5.10 Å². The van der Waals surface area contributed by atoms with Gasteiger partial charge >= 0.3 is 5.69 Å². The molecule has 0 amide bonds. The standard InChI is InChI=1S/C32H29F2N5O5/c1-20(2)37-19-25(31(41)39(32(37)42)23-6-4-22(33)5-7-23)28(40)16-21-3-8-29(26(34)15-21)44-30-17-24(36-11-13-43-14-12-36)18-38-27(30)9-10-35-38/h3-10,15,17-20H,11-14,16H2,1-2H3. The van der Waals surface area contributed by atoms with Crippen LogP contribution in [-0.2, 0) is 11.2 Å². The summed E-state index contributed by atoms with van der Waals surface area (Å²) in [6.45, 7) is 6.07. The molecule has 1 fully saturated rings. The molecule has 1 saturated heterocycles. The topological polar surface area (TPSA) is 100 Å². The zero-order chi connectivity index (χ0) is 31.0. The van der Waals surface area contributed by atoms with E-state index in [1.807, 2.05) is 12.3 Å². The predicted molar refractivity (Wildman–Crippen MR) is 159 cm³/mol. The Morgan fingerprint density at radius 1 is 0.955 bits per heavy atom. The number of nitrogens with zero attached hydrogens (tertiary/aromatic N) is 5. The van der Waals surface area contributed by atoms with Gasteiger partial charge in [-0.25, -0.2) is 22.7 Å². The number of carbonyl (C=O) groups is 1. The minimum absolute atomic E-state index is 0.0459. The molecule has 0 aliphatic carbocycles. The monoisotopic (exact) mass is 601 g/mol. The number of hydrogen-bond donors (Lipinski definition) is 0. The fraction of sp³-hybridized carbons (Fsp3) is 0.250. The van der Waals surface area contributed by atoms with Gasteiger partial charge in [-0.05, 0) is 61.9 Å². The molecule has 2 aromatic carbocycles. The minimum atomic E-state index is -0.839.